The Morgan fingerprint density at radius 2 is 1.62 bits per heavy atom. The van der Waals surface area contributed by atoms with Crippen LogP contribution in [-0.4, -0.2) is 58.2 Å². The number of carbonyl (C=O) groups excluding carboxylic acids is 1. The van der Waals surface area contributed by atoms with Crippen LogP contribution >= 0.6 is 0 Å². The molecule has 2 N–H and O–H groups in total. The molecule has 6 heteroatoms. The molecule has 0 spiro atoms. The zero-order valence-electron chi connectivity index (χ0n) is 18.6. The summed E-state index contributed by atoms with van der Waals surface area (Å²) in [6.07, 6.45) is 2.68. The third-order valence-corrected chi connectivity index (χ3v) is 7.07. The smallest absolute Gasteiger partial charge is 0.257 e. The molecule has 2 aliphatic rings. The molecule has 5 rings (SSSR count). The highest BCUT2D eigenvalue weighted by atomic mass is 16.2. The summed E-state index contributed by atoms with van der Waals surface area (Å²) in [5.41, 5.74) is 10.2. The Morgan fingerprint density at radius 3 is 2.28 bits per heavy atom. The molecule has 32 heavy (non-hydrogen) atoms. The van der Waals surface area contributed by atoms with Crippen molar-refractivity contribution < 1.29 is 4.79 Å². The van der Waals surface area contributed by atoms with Crippen LogP contribution in [0.5, 0.6) is 0 Å². The Hall–Kier alpha value is -2.96. The summed E-state index contributed by atoms with van der Waals surface area (Å²) in [4.78, 5) is 17.8. The monoisotopic (exact) mass is 429 g/mol. The van der Waals surface area contributed by atoms with Gasteiger partial charge in [-0.15, -0.1) is 0 Å². The molecule has 3 aromatic rings. The molecule has 166 valence electrons. The van der Waals surface area contributed by atoms with Crippen molar-refractivity contribution in [3.05, 3.63) is 83.7 Å². The minimum Gasteiger partial charge on any atom is -0.338 e. The molecule has 2 unspecified atom stereocenters. The van der Waals surface area contributed by atoms with Crippen molar-refractivity contribution in [3.63, 3.8) is 0 Å². The molecule has 0 bridgehead atoms. The molecule has 2 aliphatic heterocycles. The fourth-order valence-electron chi connectivity index (χ4n) is 5.25. The SMILES string of the molecule is Cc1c(C(=O)N2CC3CN(CC[C@H](N)c4ccccc4)CC3C2)cnn1-c1ccccc1. The van der Waals surface area contributed by atoms with Crippen LogP contribution in [0.4, 0.5) is 0 Å². The predicted molar refractivity (Wildman–Crippen MR) is 126 cm³/mol. The number of hydrogen-bond donors (Lipinski definition) is 1. The summed E-state index contributed by atoms with van der Waals surface area (Å²) in [5.74, 6) is 1.21. The second-order valence-electron chi connectivity index (χ2n) is 9.19. The van der Waals surface area contributed by atoms with Crippen molar-refractivity contribution in [1.29, 1.82) is 0 Å². The first kappa shape index (κ1) is 20.9. The molecule has 1 amide bonds. The van der Waals surface area contributed by atoms with Crippen molar-refractivity contribution in [1.82, 2.24) is 19.6 Å². The van der Waals surface area contributed by atoms with E-state index in [1.807, 2.05) is 65.0 Å². The number of aromatic nitrogens is 2. The number of carbonyl (C=O) groups is 1. The fraction of sp³-hybridized carbons (Fsp3) is 0.385. The average molecular weight is 430 g/mol. The molecule has 1 aromatic heterocycles. The predicted octanol–water partition coefficient (Wildman–Crippen LogP) is 3.27. The van der Waals surface area contributed by atoms with Crippen LogP contribution < -0.4 is 5.73 Å². The van der Waals surface area contributed by atoms with Gasteiger partial charge in [0.25, 0.3) is 5.91 Å². The molecule has 3 heterocycles. The van der Waals surface area contributed by atoms with E-state index in [2.05, 4.69) is 22.1 Å². The molecular formula is C26H31N5O. The average Bonchev–Trinajstić information content (AvgIpc) is 3.51. The summed E-state index contributed by atoms with van der Waals surface area (Å²) >= 11 is 0. The van der Waals surface area contributed by atoms with E-state index in [1.54, 1.807) is 6.20 Å². The number of benzene rings is 2. The summed E-state index contributed by atoms with van der Waals surface area (Å²) in [5, 5.41) is 4.48. The number of likely N-dealkylation sites (tertiary alicyclic amines) is 2. The maximum atomic E-state index is 13.2. The summed E-state index contributed by atoms with van der Waals surface area (Å²) in [6.45, 7) is 6.76. The molecule has 2 fully saturated rings. The lowest BCUT2D eigenvalue weighted by Gasteiger charge is -2.23. The Bertz CT molecular complexity index is 1050. The van der Waals surface area contributed by atoms with Gasteiger partial charge in [0.05, 0.1) is 23.1 Å². The van der Waals surface area contributed by atoms with Gasteiger partial charge in [0.15, 0.2) is 0 Å². The lowest BCUT2D eigenvalue weighted by Crippen LogP contribution is -2.34. The van der Waals surface area contributed by atoms with E-state index in [9.17, 15) is 4.79 Å². The van der Waals surface area contributed by atoms with Gasteiger partial charge >= 0.3 is 0 Å². The van der Waals surface area contributed by atoms with Gasteiger partial charge in [-0.05, 0) is 49.4 Å². The number of para-hydroxylation sites is 1. The van der Waals surface area contributed by atoms with Gasteiger partial charge in [-0.1, -0.05) is 48.5 Å². The highest BCUT2D eigenvalue weighted by Gasteiger charge is 2.42. The van der Waals surface area contributed by atoms with Crippen LogP contribution in [0.25, 0.3) is 5.69 Å². The molecule has 0 aliphatic carbocycles. The van der Waals surface area contributed by atoms with Crippen molar-refractivity contribution in [3.8, 4) is 5.69 Å². The zero-order chi connectivity index (χ0) is 22.1. The van der Waals surface area contributed by atoms with E-state index in [1.165, 1.54) is 5.56 Å². The van der Waals surface area contributed by atoms with E-state index in [4.69, 9.17) is 5.73 Å². The van der Waals surface area contributed by atoms with Gasteiger partial charge in [-0.2, -0.15) is 5.10 Å². The Morgan fingerprint density at radius 1 is 1.00 bits per heavy atom. The van der Waals surface area contributed by atoms with Gasteiger partial charge in [0.1, 0.15) is 0 Å². The lowest BCUT2D eigenvalue weighted by atomic mass is 10.0. The fourth-order valence-corrected chi connectivity index (χ4v) is 5.25. The van der Waals surface area contributed by atoms with Crippen molar-refractivity contribution in [2.24, 2.45) is 17.6 Å². The number of nitrogens with zero attached hydrogens (tertiary/aromatic N) is 4. The molecular weight excluding hydrogens is 398 g/mol. The van der Waals surface area contributed by atoms with Crippen LogP contribution in [-0.2, 0) is 0 Å². The van der Waals surface area contributed by atoms with Crippen LogP contribution in [0.2, 0.25) is 0 Å². The van der Waals surface area contributed by atoms with Crippen LogP contribution in [0, 0.1) is 18.8 Å². The molecule has 3 atom stereocenters. The lowest BCUT2D eigenvalue weighted by molar-refractivity contribution is 0.0773. The molecule has 0 saturated carbocycles. The number of amides is 1. The Labute approximate surface area is 189 Å². The standard InChI is InChI=1S/C26H31N5O/c1-19-24(14-28-31(19)23-10-6-3-7-11-23)26(32)30-17-21-15-29(16-22(21)18-30)13-12-25(27)20-8-4-2-5-9-20/h2-11,14,21-22,25H,12-13,15-18,27H2,1H3/t21?,22?,25-/m0/s1. The molecule has 6 nitrogen and oxygen atoms in total. The first-order valence-corrected chi connectivity index (χ1v) is 11.5. The second kappa shape index (κ2) is 8.88. The van der Waals surface area contributed by atoms with E-state index < -0.39 is 0 Å². The Balaban J connectivity index is 1.16. The van der Waals surface area contributed by atoms with E-state index in [0.717, 1.165) is 50.5 Å². The maximum absolute atomic E-state index is 13.2. The van der Waals surface area contributed by atoms with E-state index in [-0.39, 0.29) is 11.9 Å². The van der Waals surface area contributed by atoms with Gasteiger partial charge in [-0.25, -0.2) is 4.68 Å². The number of rotatable bonds is 6. The van der Waals surface area contributed by atoms with Crippen molar-refractivity contribution in [2.45, 2.75) is 19.4 Å². The highest BCUT2D eigenvalue weighted by molar-refractivity contribution is 5.95. The zero-order valence-corrected chi connectivity index (χ0v) is 18.6. The third kappa shape index (κ3) is 4.08. The largest absolute Gasteiger partial charge is 0.338 e. The Kier molecular flexibility index (Phi) is 5.81. The van der Waals surface area contributed by atoms with Crippen LogP contribution in [0.1, 0.15) is 34.1 Å². The second-order valence-corrected chi connectivity index (χ2v) is 9.19. The first-order valence-electron chi connectivity index (χ1n) is 11.5. The minimum absolute atomic E-state index is 0.0823. The quantitative estimate of drug-likeness (QED) is 0.653. The van der Waals surface area contributed by atoms with Gasteiger partial charge in [0, 0.05) is 32.2 Å². The summed E-state index contributed by atoms with van der Waals surface area (Å²) in [6, 6.07) is 20.4. The maximum Gasteiger partial charge on any atom is 0.257 e. The normalized spacial score (nSPS) is 21.6. The van der Waals surface area contributed by atoms with Crippen molar-refractivity contribution >= 4 is 5.91 Å². The topological polar surface area (TPSA) is 67.4 Å². The molecule has 0 radical (unpaired) electrons. The first-order chi connectivity index (χ1) is 15.6. The number of fused-ring (bicyclic) bond motifs is 1. The van der Waals surface area contributed by atoms with Crippen LogP contribution in [0.15, 0.2) is 66.9 Å². The number of nitrogens with two attached hydrogens (primary N) is 1. The summed E-state index contributed by atoms with van der Waals surface area (Å²) in [7, 11) is 0. The molecule has 2 aromatic carbocycles. The number of hydrogen-bond acceptors (Lipinski definition) is 4. The van der Waals surface area contributed by atoms with Gasteiger partial charge < -0.3 is 15.5 Å². The van der Waals surface area contributed by atoms with Gasteiger partial charge in [0.2, 0.25) is 0 Å². The summed E-state index contributed by atoms with van der Waals surface area (Å²) < 4.78 is 1.85. The minimum atomic E-state index is 0.0823. The highest BCUT2D eigenvalue weighted by Crippen LogP contribution is 2.32. The van der Waals surface area contributed by atoms with Crippen LogP contribution in [0.3, 0.4) is 0 Å². The third-order valence-electron chi connectivity index (χ3n) is 7.07. The van der Waals surface area contributed by atoms with E-state index >= 15 is 0 Å². The van der Waals surface area contributed by atoms with Gasteiger partial charge in [-0.3, -0.25) is 4.79 Å². The molecule has 2 saturated heterocycles. The van der Waals surface area contributed by atoms with Crippen molar-refractivity contribution in [2.75, 3.05) is 32.7 Å². The van der Waals surface area contributed by atoms with E-state index in [0.29, 0.717) is 17.4 Å².